The van der Waals surface area contributed by atoms with E-state index in [0.717, 1.165) is 38.5 Å². The molecule has 5 heteroatoms. The summed E-state index contributed by atoms with van der Waals surface area (Å²) in [5, 5.41) is 3.44. The van der Waals surface area contributed by atoms with Gasteiger partial charge in [0.15, 0.2) is 0 Å². The van der Waals surface area contributed by atoms with E-state index >= 15 is 0 Å². The van der Waals surface area contributed by atoms with E-state index in [-0.39, 0.29) is 23.9 Å². The van der Waals surface area contributed by atoms with Gasteiger partial charge in [0.05, 0.1) is 12.5 Å². The van der Waals surface area contributed by atoms with E-state index in [2.05, 4.69) is 5.32 Å². The van der Waals surface area contributed by atoms with Gasteiger partial charge in [0.1, 0.15) is 0 Å². The van der Waals surface area contributed by atoms with Gasteiger partial charge >= 0.3 is 0 Å². The van der Waals surface area contributed by atoms with Crippen molar-refractivity contribution in [2.45, 2.75) is 69.5 Å². The number of hydrogen-bond donors (Lipinski definition) is 1. The number of rotatable bonds is 3. The van der Waals surface area contributed by atoms with Crippen LogP contribution in [0.3, 0.4) is 0 Å². The van der Waals surface area contributed by atoms with Crippen LogP contribution in [0.2, 0.25) is 0 Å². The number of carbonyl (C=O) groups excluding carboxylic acids is 2. The van der Waals surface area contributed by atoms with E-state index in [0.29, 0.717) is 12.5 Å². The molecule has 3 aliphatic rings. The molecular weight excluding hydrogens is 272 g/mol. The van der Waals surface area contributed by atoms with Gasteiger partial charge in [-0.05, 0) is 37.2 Å². The van der Waals surface area contributed by atoms with Crippen LogP contribution in [0.25, 0.3) is 0 Å². The van der Waals surface area contributed by atoms with Crippen molar-refractivity contribution in [2.24, 2.45) is 0 Å². The Morgan fingerprint density at radius 2 is 1.70 bits per heavy atom. The van der Waals surface area contributed by atoms with Gasteiger partial charge in [0.25, 0.3) is 0 Å². The highest BCUT2D eigenvalue weighted by Crippen LogP contribution is 2.28. The van der Waals surface area contributed by atoms with Crippen LogP contribution < -0.4 is 5.32 Å². The Labute approximate surface area is 125 Å². The highest BCUT2D eigenvalue weighted by Gasteiger charge is 2.43. The summed E-state index contributed by atoms with van der Waals surface area (Å²) in [5.41, 5.74) is 0. The number of imide groups is 1. The lowest BCUT2D eigenvalue weighted by molar-refractivity contribution is -0.142. The predicted octanol–water partition coefficient (Wildman–Crippen LogP) is 1.93. The summed E-state index contributed by atoms with van der Waals surface area (Å²) in [6.07, 6.45) is 8.17. The van der Waals surface area contributed by atoms with Gasteiger partial charge in [-0.3, -0.25) is 14.5 Å². The number of likely N-dealkylation sites (tertiary alicyclic amines) is 1. The van der Waals surface area contributed by atoms with Crippen molar-refractivity contribution >= 4 is 23.6 Å². The van der Waals surface area contributed by atoms with Crippen LogP contribution in [0, 0.1) is 0 Å². The molecule has 0 aromatic rings. The Morgan fingerprint density at radius 1 is 1.00 bits per heavy atom. The quantitative estimate of drug-likeness (QED) is 0.809. The molecule has 0 spiro atoms. The van der Waals surface area contributed by atoms with Gasteiger partial charge in [-0.15, -0.1) is 0 Å². The summed E-state index contributed by atoms with van der Waals surface area (Å²) in [7, 11) is 0. The lowest BCUT2D eigenvalue weighted by Crippen LogP contribution is -2.47. The Hall–Kier alpha value is -0.550. The Bertz CT molecular complexity index is 376. The number of carbonyl (C=O) groups is 2. The highest BCUT2D eigenvalue weighted by molar-refractivity contribution is 7.99. The Kier molecular flexibility index (Phi) is 4.66. The molecule has 1 N–H and O–H groups in total. The molecule has 0 aromatic heterocycles. The van der Waals surface area contributed by atoms with Crippen LogP contribution in [0.4, 0.5) is 0 Å². The second-order valence-electron chi connectivity index (χ2n) is 6.20. The van der Waals surface area contributed by atoms with Gasteiger partial charge in [0, 0.05) is 12.1 Å². The molecule has 2 saturated heterocycles. The van der Waals surface area contributed by atoms with Crippen molar-refractivity contribution in [3.05, 3.63) is 0 Å². The summed E-state index contributed by atoms with van der Waals surface area (Å²) < 4.78 is 0. The van der Waals surface area contributed by atoms with Crippen LogP contribution in [0.1, 0.15) is 51.4 Å². The molecular formula is C15H24N2O2S. The van der Waals surface area contributed by atoms with E-state index in [1.165, 1.54) is 17.9 Å². The number of thioether (sulfide) groups is 1. The monoisotopic (exact) mass is 296 g/mol. The largest absolute Gasteiger partial charge is 0.303 e. The predicted molar refractivity (Wildman–Crippen MR) is 80.6 cm³/mol. The molecule has 2 amide bonds. The summed E-state index contributed by atoms with van der Waals surface area (Å²) in [5.74, 6) is 2.42. The normalized spacial score (nSPS) is 30.2. The lowest BCUT2D eigenvalue weighted by Gasteiger charge is -2.30. The average molecular weight is 296 g/mol. The molecule has 2 heterocycles. The minimum absolute atomic E-state index is 0.0418. The van der Waals surface area contributed by atoms with E-state index < -0.39 is 0 Å². The molecule has 1 saturated carbocycles. The maximum Gasteiger partial charge on any atom is 0.247 e. The molecule has 3 fully saturated rings. The standard InChI is InChI=1S/C15H24N2O2S/c18-14-10-13(16-11-6-8-20-9-7-11)15(19)17(14)12-4-2-1-3-5-12/h11-13,16H,1-10H2. The first-order valence-electron chi connectivity index (χ1n) is 7.95. The molecule has 0 radical (unpaired) electrons. The van der Waals surface area contributed by atoms with Crippen LogP contribution in [-0.4, -0.2) is 46.3 Å². The summed E-state index contributed by atoms with van der Waals surface area (Å²) in [6, 6.07) is 0.347. The molecule has 1 atom stereocenters. The van der Waals surface area contributed by atoms with Crippen molar-refractivity contribution in [1.82, 2.24) is 10.2 Å². The summed E-state index contributed by atoms with van der Waals surface area (Å²) >= 11 is 1.98. The van der Waals surface area contributed by atoms with E-state index in [9.17, 15) is 9.59 Å². The number of hydrogen-bond acceptors (Lipinski definition) is 4. The van der Waals surface area contributed by atoms with Crippen molar-refractivity contribution in [3.8, 4) is 0 Å². The molecule has 20 heavy (non-hydrogen) atoms. The van der Waals surface area contributed by atoms with Crippen molar-refractivity contribution < 1.29 is 9.59 Å². The second-order valence-corrected chi connectivity index (χ2v) is 7.43. The SMILES string of the molecule is O=C1CC(NC2CCSCC2)C(=O)N1C1CCCCC1. The molecule has 4 nitrogen and oxygen atoms in total. The highest BCUT2D eigenvalue weighted by atomic mass is 32.2. The van der Waals surface area contributed by atoms with Crippen molar-refractivity contribution in [3.63, 3.8) is 0 Å². The van der Waals surface area contributed by atoms with E-state index in [4.69, 9.17) is 0 Å². The van der Waals surface area contributed by atoms with Gasteiger partial charge < -0.3 is 5.32 Å². The third-order valence-electron chi connectivity index (χ3n) is 4.78. The lowest BCUT2D eigenvalue weighted by atomic mass is 9.94. The first-order chi connectivity index (χ1) is 9.75. The topological polar surface area (TPSA) is 49.4 Å². The first kappa shape index (κ1) is 14.4. The number of amides is 2. The maximum atomic E-state index is 12.5. The van der Waals surface area contributed by atoms with E-state index in [1.807, 2.05) is 11.8 Å². The van der Waals surface area contributed by atoms with Crippen LogP contribution in [-0.2, 0) is 9.59 Å². The number of nitrogens with one attached hydrogen (secondary N) is 1. The molecule has 112 valence electrons. The third-order valence-corrected chi connectivity index (χ3v) is 5.83. The minimum Gasteiger partial charge on any atom is -0.303 e. The zero-order chi connectivity index (χ0) is 13.9. The Balaban J connectivity index is 1.60. The molecule has 0 aromatic carbocycles. The van der Waals surface area contributed by atoms with E-state index in [1.54, 1.807) is 4.90 Å². The molecule has 0 bridgehead atoms. The summed E-state index contributed by atoms with van der Waals surface area (Å²) in [6.45, 7) is 0. The van der Waals surface area contributed by atoms with Crippen molar-refractivity contribution in [2.75, 3.05) is 11.5 Å². The second kappa shape index (κ2) is 6.48. The fourth-order valence-electron chi connectivity index (χ4n) is 3.65. The van der Waals surface area contributed by atoms with Crippen LogP contribution in [0.5, 0.6) is 0 Å². The van der Waals surface area contributed by atoms with Crippen LogP contribution >= 0.6 is 11.8 Å². The molecule has 1 unspecified atom stereocenters. The van der Waals surface area contributed by atoms with Crippen LogP contribution in [0.15, 0.2) is 0 Å². The fourth-order valence-corrected chi connectivity index (χ4v) is 4.76. The zero-order valence-electron chi connectivity index (χ0n) is 12.0. The third kappa shape index (κ3) is 3.03. The zero-order valence-corrected chi connectivity index (χ0v) is 12.8. The molecule has 1 aliphatic carbocycles. The summed E-state index contributed by atoms with van der Waals surface area (Å²) in [4.78, 5) is 26.3. The minimum atomic E-state index is -0.252. The fraction of sp³-hybridized carbons (Fsp3) is 0.867. The first-order valence-corrected chi connectivity index (χ1v) is 9.11. The molecule has 3 rings (SSSR count). The average Bonchev–Trinajstić information content (AvgIpc) is 2.75. The van der Waals surface area contributed by atoms with Crippen molar-refractivity contribution in [1.29, 1.82) is 0 Å². The van der Waals surface area contributed by atoms with Gasteiger partial charge in [-0.1, -0.05) is 19.3 Å². The maximum absolute atomic E-state index is 12.5. The van der Waals surface area contributed by atoms with Gasteiger partial charge in [0.2, 0.25) is 11.8 Å². The smallest absolute Gasteiger partial charge is 0.247 e. The molecule has 2 aliphatic heterocycles. The van der Waals surface area contributed by atoms with Gasteiger partial charge in [-0.25, -0.2) is 0 Å². The van der Waals surface area contributed by atoms with Gasteiger partial charge in [-0.2, -0.15) is 11.8 Å². The Morgan fingerprint density at radius 3 is 2.40 bits per heavy atom. The number of nitrogens with zero attached hydrogens (tertiary/aromatic N) is 1.